The van der Waals surface area contributed by atoms with E-state index in [0.29, 0.717) is 29.9 Å². The molecule has 0 spiro atoms. The summed E-state index contributed by atoms with van der Waals surface area (Å²) in [6.07, 6.45) is 3.72. The van der Waals surface area contributed by atoms with Crippen LogP contribution in [0.5, 0.6) is 0 Å². The number of amides is 1. The second-order valence-electron chi connectivity index (χ2n) is 5.27. The molecule has 1 amide bonds. The Morgan fingerprint density at radius 3 is 2.84 bits per heavy atom. The molecule has 0 heterocycles. The van der Waals surface area contributed by atoms with Gasteiger partial charge < -0.3 is 10.6 Å². The van der Waals surface area contributed by atoms with Crippen molar-refractivity contribution < 1.29 is 4.79 Å². The summed E-state index contributed by atoms with van der Waals surface area (Å²) >= 11 is 6.10. The predicted octanol–water partition coefficient (Wildman–Crippen LogP) is 2.47. The fourth-order valence-electron chi connectivity index (χ4n) is 2.92. The Bertz CT molecular complexity index is 450. The van der Waals surface area contributed by atoms with Crippen LogP contribution in [0.2, 0.25) is 5.02 Å². The van der Waals surface area contributed by atoms with Crippen LogP contribution in [-0.4, -0.2) is 30.4 Å². The fourth-order valence-corrected chi connectivity index (χ4v) is 3.12. The zero-order valence-corrected chi connectivity index (χ0v) is 12.1. The van der Waals surface area contributed by atoms with Crippen LogP contribution in [0, 0.1) is 5.92 Å². The molecule has 1 aliphatic rings. The van der Waals surface area contributed by atoms with Gasteiger partial charge in [-0.05, 0) is 36.9 Å². The van der Waals surface area contributed by atoms with Gasteiger partial charge in [-0.1, -0.05) is 36.2 Å². The Hall–Kier alpha value is -1.06. The molecule has 19 heavy (non-hydrogen) atoms. The smallest absolute Gasteiger partial charge is 0.227 e. The first-order chi connectivity index (χ1) is 9.13. The molecule has 104 valence electrons. The Morgan fingerprint density at radius 1 is 1.42 bits per heavy atom. The highest BCUT2D eigenvalue weighted by Gasteiger charge is 2.31. The van der Waals surface area contributed by atoms with Crippen LogP contribution in [0.3, 0.4) is 0 Å². The van der Waals surface area contributed by atoms with E-state index in [9.17, 15) is 4.79 Å². The number of likely N-dealkylation sites (N-methyl/N-ethyl adjacent to an activating group) is 1. The van der Waals surface area contributed by atoms with Crippen molar-refractivity contribution in [1.82, 2.24) is 4.90 Å². The molecule has 1 fully saturated rings. The number of halogens is 1. The largest absolute Gasteiger partial charge is 0.342 e. The summed E-state index contributed by atoms with van der Waals surface area (Å²) in [4.78, 5) is 14.2. The van der Waals surface area contributed by atoms with Gasteiger partial charge in [0.2, 0.25) is 5.91 Å². The van der Waals surface area contributed by atoms with Crippen LogP contribution in [0.1, 0.15) is 24.8 Å². The van der Waals surface area contributed by atoms with Crippen molar-refractivity contribution in [2.24, 2.45) is 11.7 Å². The molecule has 2 atom stereocenters. The van der Waals surface area contributed by atoms with Crippen LogP contribution < -0.4 is 5.73 Å². The van der Waals surface area contributed by atoms with E-state index in [2.05, 4.69) is 0 Å². The molecule has 2 unspecified atom stereocenters. The highest BCUT2D eigenvalue weighted by atomic mass is 35.5. The van der Waals surface area contributed by atoms with Crippen LogP contribution in [-0.2, 0) is 11.2 Å². The maximum Gasteiger partial charge on any atom is 0.227 e. The van der Waals surface area contributed by atoms with Gasteiger partial charge in [-0.2, -0.15) is 0 Å². The second kappa shape index (κ2) is 6.40. The highest BCUT2D eigenvalue weighted by Crippen LogP contribution is 2.29. The van der Waals surface area contributed by atoms with Gasteiger partial charge in [0.25, 0.3) is 0 Å². The Kier molecular flexibility index (Phi) is 4.83. The summed E-state index contributed by atoms with van der Waals surface area (Å²) in [5.41, 5.74) is 6.67. The van der Waals surface area contributed by atoms with Gasteiger partial charge in [0.1, 0.15) is 0 Å². The SMILES string of the molecule is CN(C(=O)Cc1ccccc1Cl)C1CCCC1CN. The zero-order chi connectivity index (χ0) is 13.8. The summed E-state index contributed by atoms with van der Waals surface area (Å²) in [5.74, 6) is 0.568. The first-order valence-electron chi connectivity index (χ1n) is 6.82. The Balaban J connectivity index is 2.02. The van der Waals surface area contributed by atoms with Gasteiger partial charge in [-0.15, -0.1) is 0 Å². The molecule has 1 aromatic rings. The second-order valence-corrected chi connectivity index (χ2v) is 5.67. The quantitative estimate of drug-likeness (QED) is 0.921. The fraction of sp³-hybridized carbons (Fsp3) is 0.533. The van der Waals surface area contributed by atoms with Gasteiger partial charge in [0.15, 0.2) is 0 Å². The molecule has 1 aliphatic carbocycles. The summed E-state index contributed by atoms with van der Waals surface area (Å²) in [7, 11) is 1.89. The van der Waals surface area contributed by atoms with Crippen molar-refractivity contribution in [1.29, 1.82) is 0 Å². The molecular weight excluding hydrogens is 260 g/mol. The zero-order valence-electron chi connectivity index (χ0n) is 11.3. The average Bonchev–Trinajstić information content (AvgIpc) is 2.88. The van der Waals surface area contributed by atoms with Crippen molar-refractivity contribution in [3.05, 3.63) is 34.9 Å². The lowest BCUT2D eigenvalue weighted by Crippen LogP contribution is -2.42. The van der Waals surface area contributed by atoms with E-state index in [1.165, 1.54) is 0 Å². The lowest BCUT2D eigenvalue weighted by molar-refractivity contribution is -0.131. The number of nitrogens with zero attached hydrogens (tertiary/aromatic N) is 1. The summed E-state index contributed by atoms with van der Waals surface area (Å²) in [5, 5.41) is 0.658. The third kappa shape index (κ3) is 3.28. The number of hydrogen-bond acceptors (Lipinski definition) is 2. The summed E-state index contributed by atoms with van der Waals surface area (Å²) < 4.78 is 0. The van der Waals surface area contributed by atoms with Gasteiger partial charge in [0, 0.05) is 18.1 Å². The van der Waals surface area contributed by atoms with E-state index < -0.39 is 0 Å². The molecule has 2 N–H and O–H groups in total. The molecule has 0 radical (unpaired) electrons. The minimum absolute atomic E-state index is 0.124. The lowest BCUT2D eigenvalue weighted by Gasteiger charge is -2.29. The van der Waals surface area contributed by atoms with E-state index in [1.54, 1.807) is 0 Å². The Labute approximate surface area is 119 Å². The molecule has 0 aromatic heterocycles. The van der Waals surface area contributed by atoms with E-state index in [4.69, 9.17) is 17.3 Å². The number of hydrogen-bond donors (Lipinski definition) is 1. The Morgan fingerprint density at radius 2 is 2.16 bits per heavy atom. The predicted molar refractivity (Wildman–Crippen MR) is 78.1 cm³/mol. The number of carbonyl (C=O) groups excluding carboxylic acids is 1. The number of carbonyl (C=O) groups is 1. The molecule has 3 nitrogen and oxygen atoms in total. The van der Waals surface area contributed by atoms with E-state index in [1.807, 2.05) is 36.2 Å². The third-order valence-corrected chi connectivity index (χ3v) is 4.48. The van der Waals surface area contributed by atoms with Gasteiger partial charge in [0.05, 0.1) is 6.42 Å². The lowest BCUT2D eigenvalue weighted by atomic mass is 10.0. The van der Waals surface area contributed by atoms with Gasteiger partial charge in [-0.3, -0.25) is 4.79 Å². The minimum atomic E-state index is 0.124. The van der Waals surface area contributed by atoms with E-state index in [0.717, 1.165) is 24.8 Å². The monoisotopic (exact) mass is 280 g/mol. The van der Waals surface area contributed by atoms with Crippen LogP contribution >= 0.6 is 11.6 Å². The number of rotatable bonds is 4. The number of benzene rings is 1. The van der Waals surface area contributed by atoms with Crippen molar-refractivity contribution >= 4 is 17.5 Å². The van der Waals surface area contributed by atoms with Crippen molar-refractivity contribution in [3.8, 4) is 0 Å². The van der Waals surface area contributed by atoms with Crippen molar-refractivity contribution in [3.63, 3.8) is 0 Å². The first kappa shape index (κ1) is 14.4. The van der Waals surface area contributed by atoms with Crippen LogP contribution in [0.25, 0.3) is 0 Å². The molecular formula is C15H21ClN2O. The van der Waals surface area contributed by atoms with Crippen molar-refractivity contribution in [2.75, 3.05) is 13.6 Å². The summed E-state index contributed by atoms with van der Waals surface area (Å²) in [6, 6.07) is 7.81. The molecule has 0 aliphatic heterocycles. The summed E-state index contributed by atoms with van der Waals surface area (Å²) in [6.45, 7) is 0.661. The molecule has 1 aromatic carbocycles. The maximum atomic E-state index is 12.3. The molecule has 0 saturated heterocycles. The maximum absolute atomic E-state index is 12.3. The van der Waals surface area contributed by atoms with Crippen LogP contribution in [0.15, 0.2) is 24.3 Å². The molecule has 4 heteroatoms. The molecule has 0 bridgehead atoms. The minimum Gasteiger partial charge on any atom is -0.342 e. The first-order valence-corrected chi connectivity index (χ1v) is 7.20. The van der Waals surface area contributed by atoms with E-state index in [-0.39, 0.29) is 5.91 Å². The standard InChI is InChI=1S/C15H21ClN2O/c1-18(14-8-4-6-12(14)10-17)15(19)9-11-5-2-3-7-13(11)16/h2-3,5,7,12,14H,4,6,8-10,17H2,1H3. The molecule has 2 rings (SSSR count). The van der Waals surface area contributed by atoms with Crippen LogP contribution in [0.4, 0.5) is 0 Å². The van der Waals surface area contributed by atoms with E-state index >= 15 is 0 Å². The third-order valence-electron chi connectivity index (χ3n) is 4.11. The van der Waals surface area contributed by atoms with Crippen molar-refractivity contribution in [2.45, 2.75) is 31.7 Å². The number of nitrogens with two attached hydrogens (primary N) is 1. The van der Waals surface area contributed by atoms with Gasteiger partial charge in [-0.25, -0.2) is 0 Å². The molecule has 1 saturated carbocycles. The normalized spacial score (nSPS) is 22.5. The van der Waals surface area contributed by atoms with Gasteiger partial charge >= 0.3 is 0 Å². The highest BCUT2D eigenvalue weighted by molar-refractivity contribution is 6.31. The topological polar surface area (TPSA) is 46.3 Å². The average molecular weight is 281 g/mol.